The lowest BCUT2D eigenvalue weighted by Crippen LogP contribution is -1.96. The van der Waals surface area contributed by atoms with Gasteiger partial charge in [-0.15, -0.1) is 0 Å². The summed E-state index contributed by atoms with van der Waals surface area (Å²) in [5.74, 6) is 0.841. The van der Waals surface area contributed by atoms with Crippen molar-refractivity contribution in [3.63, 3.8) is 0 Å². The fourth-order valence-corrected chi connectivity index (χ4v) is 2.01. The Bertz CT molecular complexity index is 684. The van der Waals surface area contributed by atoms with Gasteiger partial charge in [0.2, 0.25) is 0 Å². The van der Waals surface area contributed by atoms with Crippen LogP contribution in [0.5, 0.6) is 5.75 Å². The van der Waals surface area contributed by atoms with Gasteiger partial charge in [0.25, 0.3) is 0 Å². The van der Waals surface area contributed by atoms with Gasteiger partial charge in [0.1, 0.15) is 12.4 Å². The van der Waals surface area contributed by atoms with Gasteiger partial charge in [0.15, 0.2) is 0 Å². The van der Waals surface area contributed by atoms with Gasteiger partial charge in [-0.3, -0.25) is 4.98 Å². The Morgan fingerprint density at radius 1 is 0.857 bits per heavy atom. The van der Waals surface area contributed by atoms with Crippen LogP contribution in [0.1, 0.15) is 5.56 Å². The lowest BCUT2D eigenvalue weighted by Gasteiger charge is -2.09. The molecule has 0 aliphatic heterocycles. The Balaban J connectivity index is 1.66. The van der Waals surface area contributed by atoms with Crippen LogP contribution in [-0.4, -0.2) is 4.98 Å². The van der Waals surface area contributed by atoms with Crippen LogP contribution in [0.3, 0.4) is 0 Å². The Labute approximate surface area is 124 Å². The molecule has 0 radical (unpaired) electrons. The van der Waals surface area contributed by atoms with Crippen LogP contribution >= 0.6 is 0 Å². The van der Waals surface area contributed by atoms with E-state index in [2.05, 4.69) is 22.4 Å². The number of rotatable bonds is 5. The average Bonchev–Trinajstić information content (AvgIpc) is 2.55. The zero-order valence-electron chi connectivity index (χ0n) is 11.6. The Kier molecular flexibility index (Phi) is 4.12. The predicted molar refractivity (Wildman–Crippen MR) is 84.7 cm³/mol. The van der Waals surface area contributed by atoms with E-state index >= 15 is 0 Å². The van der Waals surface area contributed by atoms with E-state index in [1.54, 1.807) is 12.4 Å². The summed E-state index contributed by atoms with van der Waals surface area (Å²) in [6.07, 6.45) is 3.54. The second kappa shape index (κ2) is 6.57. The summed E-state index contributed by atoms with van der Waals surface area (Å²) in [4.78, 5) is 4.09. The molecule has 3 aromatic rings. The molecule has 0 amide bonds. The number of anilines is 2. The van der Waals surface area contributed by atoms with Gasteiger partial charge in [-0.1, -0.05) is 36.4 Å². The molecule has 0 saturated heterocycles. The molecule has 21 heavy (non-hydrogen) atoms. The maximum Gasteiger partial charge on any atom is 0.121 e. The van der Waals surface area contributed by atoms with Crippen molar-refractivity contribution in [2.24, 2.45) is 0 Å². The fraction of sp³-hybridized carbons (Fsp3) is 0.0556. The maximum absolute atomic E-state index is 5.81. The first-order valence-electron chi connectivity index (χ1n) is 6.84. The molecule has 1 N–H and O–H groups in total. The van der Waals surface area contributed by atoms with Gasteiger partial charge in [-0.25, -0.2) is 0 Å². The van der Waals surface area contributed by atoms with Crippen molar-refractivity contribution in [3.05, 3.63) is 84.7 Å². The van der Waals surface area contributed by atoms with Crippen LogP contribution in [0.2, 0.25) is 0 Å². The minimum Gasteiger partial charge on any atom is -0.489 e. The van der Waals surface area contributed by atoms with Crippen molar-refractivity contribution < 1.29 is 4.74 Å². The van der Waals surface area contributed by atoms with Crippen molar-refractivity contribution in [2.45, 2.75) is 6.61 Å². The molecule has 3 nitrogen and oxygen atoms in total. The molecule has 0 aliphatic carbocycles. The number of ether oxygens (including phenoxy) is 1. The third kappa shape index (κ3) is 3.83. The van der Waals surface area contributed by atoms with Crippen LogP contribution in [0.15, 0.2) is 79.1 Å². The maximum atomic E-state index is 5.81. The van der Waals surface area contributed by atoms with Gasteiger partial charge < -0.3 is 10.1 Å². The van der Waals surface area contributed by atoms with E-state index in [0.717, 1.165) is 22.7 Å². The molecular weight excluding hydrogens is 260 g/mol. The third-order valence-corrected chi connectivity index (χ3v) is 3.03. The molecule has 3 rings (SSSR count). The molecule has 0 aliphatic rings. The summed E-state index contributed by atoms with van der Waals surface area (Å²) < 4.78 is 5.81. The molecule has 1 aromatic heterocycles. The molecular formula is C18H16N2O. The van der Waals surface area contributed by atoms with Gasteiger partial charge >= 0.3 is 0 Å². The first-order valence-corrected chi connectivity index (χ1v) is 6.84. The first kappa shape index (κ1) is 13.2. The summed E-state index contributed by atoms with van der Waals surface area (Å²) in [6.45, 7) is 0.567. The van der Waals surface area contributed by atoms with Gasteiger partial charge in [-0.05, 0) is 29.8 Å². The number of benzene rings is 2. The largest absolute Gasteiger partial charge is 0.489 e. The van der Waals surface area contributed by atoms with E-state index in [0.29, 0.717) is 6.61 Å². The highest BCUT2D eigenvalue weighted by molar-refractivity contribution is 5.60. The molecule has 0 atom stereocenters. The molecule has 0 saturated carbocycles. The Hall–Kier alpha value is -2.81. The average molecular weight is 276 g/mol. The second-order valence-electron chi connectivity index (χ2n) is 4.67. The Morgan fingerprint density at radius 3 is 2.52 bits per heavy atom. The summed E-state index contributed by atoms with van der Waals surface area (Å²) in [6, 6.07) is 21.9. The molecule has 1 heterocycles. The fourth-order valence-electron chi connectivity index (χ4n) is 2.01. The topological polar surface area (TPSA) is 34.1 Å². The first-order chi connectivity index (χ1) is 10.4. The standard InChI is InChI=1S/C18H16N2O/c1-2-6-15(7-3-1)14-21-18-10-4-8-16(12-18)20-17-9-5-11-19-13-17/h1-13,20H,14H2. The number of pyridine rings is 1. The summed E-state index contributed by atoms with van der Waals surface area (Å²) >= 11 is 0. The molecule has 0 spiro atoms. The number of nitrogens with zero attached hydrogens (tertiary/aromatic N) is 1. The second-order valence-corrected chi connectivity index (χ2v) is 4.67. The van der Waals surface area contributed by atoms with Gasteiger partial charge in [-0.2, -0.15) is 0 Å². The smallest absolute Gasteiger partial charge is 0.121 e. The highest BCUT2D eigenvalue weighted by Gasteiger charge is 1.99. The minimum absolute atomic E-state index is 0.567. The molecule has 0 bridgehead atoms. The van der Waals surface area contributed by atoms with Crippen molar-refractivity contribution in [1.82, 2.24) is 4.98 Å². The van der Waals surface area contributed by atoms with E-state index in [1.165, 1.54) is 0 Å². The summed E-state index contributed by atoms with van der Waals surface area (Å²) in [5.41, 5.74) is 3.09. The van der Waals surface area contributed by atoms with Gasteiger partial charge in [0.05, 0.1) is 11.9 Å². The molecule has 104 valence electrons. The molecule has 3 heteroatoms. The van der Waals surface area contributed by atoms with Crippen LogP contribution in [0.25, 0.3) is 0 Å². The van der Waals surface area contributed by atoms with Crippen molar-refractivity contribution >= 4 is 11.4 Å². The minimum atomic E-state index is 0.567. The van der Waals surface area contributed by atoms with Gasteiger partial charge in [0, 0.05) is 18.0 Å². The highest BCUT2D eigenvalue weighted by atomic mass is 16.5. The number of aromatic nitrogens is 1. The zero-order valence-corrected chi connectivity index (χ0v) is 11.6. The van der Waals surface area contributed by atoms with Crippen LogP contribution in [0.4, 0.5) is 11.4 Å². The predicted octanol–water partition coefficient (Wildman–Crippen LogP) is 4.40. The van der Waals surface area contributed by atoms with E-state index in [1.807, 2.05) is 54.6 Å². The SMILES string of the molecule is c1ccc(COc2cccc(Nc3cccnc3)c2)cc1. The third-order valence-electron chi connectivity index (χ3n) is 3.03. The lowest BCUT2D eigenvalue weighted by atomic mass is 10.2. The molecule has 0 unspecified atom stereocenters. The summed E-state index contributed by atoms with van der Waals surface area (Å²) in [5, 5.41) is 3.30. The summed E-state index contributed by atoms with van der Waals surface area (Å²) in [7, 11) is 0. The van der Waals surface area contributed by atoms with Crippen LogP contribution in [0, 0.1) is 0 Å². The quantitative estimate of drug-likeness (QED) is 0.749. The van der Waals surface area contributed by atoms with Crippen LogP contribution in [-0.2, 0) is 6.61 Å². The number of hydrogen-bond acceptors (Lipinski definition) is 3. The van der Waals surface area contributed by atoms with Crippen molar-refractivity contribution in [3.8, 4) is 5.75 Å². The highest BCUT2D eigenvalue weighted by Crippen LogP contribution is 2.21. The van der Waals surface area contributed by atoms with E-state index in [-0.39, 0.29) is 0 Å². The zero-order chi connectivity index (χ0) is 14.3. The van der Waals surface area contributed by atoms with E-state index in [9.17, 15) is 0 Å². The van der Waals surface area contributed by atoms with E-state index < -0.39 is 0 Å². The van der Waals surface area contributed by atoms with Crippen LogP contribution < -0.4 is 10.1 Å². The molecule has 0 fully saturated rings. The number of nitrogens with one attached hydrogen (secondary N) is 1. The van der Waals surface area contributed by atoms with Crippen molar-refractivity contribution in [1.29, 1.82) is 0 Å². The molecule has 2 aromatic carbocycles. The van der Waals surface area contributed by atoms with E-state index in [4.69, 9.17) is 4.74 Å². The lowest BCUT2D eigenvalue weighted by molar-refractivity contribution is 0.306. The normalized spacial score (nSPS) is 10.1. The monoisotopic (exact) mass is 276 g/mol. The Morgan fingerprint density at radius 2 is 1.71 bits per heavy atom. The van der Waals surface area contributed by atoms with Crippen molar-refractivity contribution in [2.75, 3.05) is 5.32 Å². The number of hydrogen-bond donors (Lipinski definition) is 1.